The second-order valence-electron chi connectivity index (χ2n) is 3.93. The molecule has 0 spiro atoms. The van der Waals surface area contributed by atoms with Crippen LogP contribution in [0.25, 0.3) is 22.0 Å². The molecule has 0 aliphatic carbocycles. The Morgan fingerprint density at radius 3 is 2.88 bits per heavy atom. The molecule has 0 atom stereocenters. The number of benzene rings is 1. The number of aromatic nitrogens is 3. The Kier molecular flexibility index (Phi) is 2.22. The minimum Gasteiger partial charge on any atom is -0.383 e. The average molecular weight is 291 g/mol. The highest BCUT2D eigenvalue weighted by molar-refractivity contribution is 9.10. The van der Waals surface area contributed by atoms with Crippen LogP contribution in [0.5, 0.6) is 0 Å². The van der Waals surface area contributed by atoms with Crippen LogP contribution in [0, 0.1) is 0 Å². The van der Waals surface area contributed by atoms with Gasteiger partial charge in [-0.15, -0.1) is 0 Å². The molecule has 0 amide bonds. The third-order valence-electron chi connectivity index (χ3n) is 2.93. The highest BCUT2D eigenvalue weighted by Gasteiger charge is 2.13. The zero-order chi connectivity index (χ0) is 12.0. The van der Waals surface area contributed by atoms with Gasteiger partial charge in [0.25, 0.3) is 0 Å². The standard InChI is InChI=1S/C12H11BrN4/c1-17-12(14)8(5-16-17)7-3-2-4-10-11(7)9(13)6-15-10/h2-6,15H,14H2,1H3. The van der Waals surface area contributed by atoms with Crippen molar-refractivity contribution in [2.24, 2.45) is 7.05 Å². The molecule has 17 heavy (non-hydrogen) atoms. The second kappa shape index (κ2) is 3.63. The van der Waals surface area contributed by atoms with E-state index >= 15 is 0 Å². The average Bonchev–Trinajstić information content (AvgIpc) is 2.86. The summed E-state index contributed by atoms with van der Waals surface area (Å²) in [6, 6.07) is 6.09. The monoisotopic (exact) mass is 290 g/mol. The van der Waals surface area contributed by atoms with Crippen LogP contribution < -0.4 is 5.73 Å². The highest BCUT2D eigenvalue weighted by Crippen LogP contribution is 2.35. The second-order valence-corrected chi connectivity index (χ2v) is 4.79. The van der Waals surface area contributed by atoms with Gasteiger partial charge in [0.1, 0.15) is 5.82 Å². The molecule has 2 heterocycles. The third kappa shape index (κ3) is 1.46. The molecule has 86 valence electrons. The summed E-state index contributed by atoms with van der Waals surface area (Å²) in [5.41, 5.74) is 9.14. The first-order valence-electron chi connectivity index (χ1n) is 5.22. The molecule has 4 nitrogen and oxygen atoms in total. The summed E-state index contributed by atoms with van der Waals surface area (Å²) in [4.78, 5) is 3.21. The number of hydrogen-bond donors (Lipinski definition) is 2. The quantitative estimate of drug-likeness (QED) is 0.724. The lowest BCUT2D eigenvalue weighted by Gasteiger charge is -2.03. The van der Waals surface area contributed by atoms with Crippen LogP contribution in [0.15, 0.2) is 35.1 Å². The van der Waals surface area contributed by atoms with Gasteiger partial charge in [-0.05, 0) is 27.6 Å². The number of rotatable bonds is 1. The first-order valence-corrected chi connectivity index (χ1v) is 6.01. The minimum absolute atomic E-state index is 0.672. The molecule has 3 rings (SSSR count). The van der Waals surface area contributed by atoms with Gasteiger partial charge in [0.15, 0.2) is 0 Å². The maximum Gasteiger partial charge on any atom is 0.129 e. The fourth-order valence-electron chi connectivity index (χ4n) is 2.02. The van der Waals surface area contributed by atoms with Crippen molar-refractivity contribution >= 4 is 32.7 Å². The largest absolute Gasteiger partial charge is 0.383 e. The van der Waals surface area contributed by atoms with E-state index in [1.54, 1.807) is 10.9 Å². The van der Waals surface area contributed by atoms with E-state index < -0.39 is 0 Å². The normalized spacial score (nSPS) is 11.2. The molecule has 0 saturated heterocycles. The van der Waals surface area contributed by atoms with Crippen LogP contribution in [0.2, 0.25) is 0 Å². The van der Waals surface area contributed by atoms with E-state index in [0.717, 1.165) is 26.5 Å². The lowest BCUT2D eigenvalue weighted by molar-refractivity contribution is 0.779. The van der Waals surface area contributed by atoms with Crippen molar-refractivity contribution in [3.05, 3.63) is 35.1 Å². The lowest BCUT2D eigenvalue weighted by atomic mass is 10.0. The molecule has 3 N–H and O–H groups in total. The van der Waals surface area contributed by atoms with Gasteiger partial charge in [-0.1, -0.05) is 12.1 Å². The van der Waals surface area contributed by atoms with Gasteiger partial charge < -0.3 is 10.7 Å². The Balaban J connectivity index is 2.37. The smallest absolute Gasteiger partial charge is 0.129 e. The summed E-state index contributed by atoms with van der Waals surface area (Å²) < 4.78 is 2.71. The van der Waals surface area contributed by atoms with E-state index in [4.69, 9.17) is 5.73 Å². The van der Waals surface area contributed by atoms with Crippen LogP contribution in [0.4, 0.5) is 5.82 Å². The number of nitrogen functional groups attached to an aromatic ring is 1. The summed E-state index contributed by atoms with van der Waals surface area (Å²) in [5.74, 6) is 0.672. The molecule has 0 bridgehead atoms. The lowest BCUT2D eigenvalue weighted by Crippen LogP contribution is -1.98. The fraction of sp³-hybridized carbons (Fsp3) is 0.0833. The molecule has 0 fully saturated rings. The summed E-state index contributed by atoms with van der Waals surface area (Å²) in [7, 11) is 1.84. The molecule has 3 aromatic rings. The van der Waals surface area contributed by atoms with E-state index in [2.05, 4.69) is 26.0 Å². The number of nitrogens with zero attached hydrogens (tertiary/aromatic N) is 2. The summed E-state index contributed by atoms with van der Waals surface area (Å²) >= 11 is 3.55. The number of aromatic amines is 1. The summed E-state index contributed by atoms with van der Waals surface area (Å²) in [6.45, 7) is 0. The SMILES string of the molecule is Cn1ncc(-c2cccc3[nH]cc(Br)c23)c1N. The number of anilines is 1. The molecule has 0 unspecified atom stereocenters. The fourth-order valence-corrected chi connectivity index (χ4v) is 2.56. The number of halogens is 1. The van der Waals surface area contributed by atoms with Crippen molar-refractivity contribution in [1.82, 2.24) is 14.8 Å². The molecule has 5 heteroatoms. The van der Waals surface area contributed by atoms with Crippen molar-refractivity contribution in [3.63, 3.8) is 0 Å². The van der Waals surface area contributed by atoms with Gasteiger partial charge in [-0.3, -0.25) is 4.68 Å². The molecule has 0 aliphatic rings. The van der Waals surface area contributed by atoms with Crippen molar-refractivity contribution in [3.8, 4) is 11.1 Å². The number of nitrogens with one attached hydrogen (secondary N) is 1. The maximum absolute atomic E-state index is 6.02. The van der Waals surface area contributed by atoms with Gasteiger partial charge in [-0.2, -0.15) is 5.10 Å². The van der Waals surface area contributed by atoms with Gasteiger partial charge in [0.05, 0.1) is 6.20 Å². The third-order valence-corrected chi connectivity index (χ3v) is 3.56. The molecule has 1 aromatic carbocycles. The maximum atomic E-state index is 6.02. The van der Waals surface area contributed by atoms with Crippen LogP contribution >= 0.6 is 15.9 Å². The number of aryl methyl sites for hydroxylation is 1. The zero-order valence-corrected chi connectivity index (χ0v) is 10.8. The van der Waals surface area contributed by atoms with Gasteiger partial charge in [-0.25, -0.2) is 0 Å². The van der Waals surface area contributed by atoms with Gasteiger partial charge in [0.2, 0.25) is 0 Å². The van der Waals surface area contributed by atoms with Crippen LogP contribution in [0.3, 0.4) is 0 Å². The number of hydrogen-bond acceptors (Lipinski definition) is 2. The topological polar surface area (TPSA) is 59.6 Å². The Labute approximate surface area is 107 Å². The van der Waals surface area contributed by atoms with E-state index in [9.17, 15) is 0 Å². The Hall–Kier alpha value is -1.75. The molecular formula is C12H11BrN4. The summed E-state index contributed by atoms with van der Waals surface area (Å²) in [5, 5.41) is 5.31. The number of fused-ring (bicyclic) bond motifs is 1. The Morgan fingerprint density at radius 1 is 1.35 bits per heavy atom. The summed E-state index contributed by atoms with van der Waals surface area (Å²) in [6.07, 6.45) is 3.73. The number of nitrogens with two attached hydrogens (primary N) is 1. The van der Waals surface area contributed by atoms with Crippen LogP contribution in [-0.4, -0.2) is 14.8 Å². The zero-order valence-electron chi connectivity index (χ0n) is 9.24. The number of H-pyrrole nitrogens is 1. The first kappa shape index (κ1) is 10.4. The molecule has 0 aliphatic heterocycles. The van der Waals surface area contributed by atoms with Crippen molar-refractivity contribution < 1.29 is 0 Å². The van der Waals surface area contributed by atoms with Gasteiger partial charge >= 0.3 is 0 Å². The predicted molar refractivity (Wildman–Crippen MR) is 72.6 cm³/mol. The minimum atomic E-state index is 0.672. The van der Waals surface area contributed by atoms with Crippen molar-refractivity contribution in [1.29, 1.82) is 0 Å². The van der Waals surface area contributed by atoms with Crippen LogP contribution in [-0.2, 0) is 7.05 Å². The van der Waals surface area contributed by atoms with E-state index in [-0.39, 0.29) is 0 Å². The van der Waals surface area contributed by atoms with E-state index in [0.29, 0.717) is 5.82 Å². The van der Waals surface area contributed by atoms with Crippen LogP contribution in [0.1, 0.15) is 0 Å². The Bertz CT molecular complexity index is 696. The predicted octanol–water partition coefficient (Wildman–Crippen LogP) is 2.91. The highest BCUT2D eigenvalue weighted by atomic mass is 79.9. The van der Waals surface area contributed by atoms with Crippen molar-refractivity contribution in [2.75, 3.05) is 5.73 Å². The van der Waals surface area contributed by atoms with Gasteiger partial charge in [0, 0.05) is 34.2 Å². The molecular weight excluding hydrogens is 280 g/mol. The van der Waals surface area contributed by atoms with Crippen molar-refractivity contribution in [2.45, 2.75) is 0 Å². The molecule has 0 radical (unpaired) electrons. The van der Waals surface area contributed by atoms with E-state index in [1.165, 1.54) is 0 Å². The molecule has 2 aromatic heterocycles. The van der Waals surface area contributed by atoms with E-state index in [1.807, 2.05) is 31.4 Å². The first-order chi connectivity index (χ1) is 8.18. The molecule has 0 saturated carbocycles. The Morgan fingerprint density at radius 2 is 2.18 bits per heavy atom.